The second-order valence-corrected chi connectivity index (χ2v) is 4.38. The number of likely N-dealkylation sites (N-methyl/N-ethyl adjacent to an activating group) is 1. The number of nitrogens with one attached hydrogen (secondary N) is 2. The van der Waals surface area contributed by atoms with Crippen LogP contribution >= 0.6 is 0 Å². The Bertz CT molecular complexity index is 268. The van der Waals surface area contributed by atoms with E-state index in [1.54, 1.807) is 14.0 Å². The average Bonchev–Trinajstić information content (AvgIpc) is 2.75. The van der Waals surface area contributed by atoms with Crippen molar-refractivity contribution < 1.29 is 9.59 Å². The molecule has 0 bridgehead atoms. The molecule has 1 aliphatic rings. The first-order valence-electron chi connectivity index (χ1n) is 5.82. The zero-order valence-electron chi connectivity index (χ0n) is 9.95. The fourth-order valence-electron chi connectivity index (χ4n) is 2.27. The second kappa shape index (κ2) is 5.84. The average molecular weight is 227 g/mol. The third kappa shape index (κ3) is 2.95. The molecule has 0 heterocycles. The van der Waals surface area contributed by atoms with Crippen molar-refractivity contribution >= 4 is 11.8 Å². The summed E-state index contributed by atoms with van der Waals surface area (Å²) in [7, 11) is 1.56. The summed E-state index contributed by atoms with van der Waals surface area (Å²) in [5, 5.41) is 5.24. The van der Waals surface area contributed by atoms with Gasteiger partial charge in [0.2, 0.25) is 11.8 Å². The van der Waals surface area contributed by atoms with Crippen LogP contribution in [0, 0.1) is 11.8 Å². The molecule has 4 N–H and O–H groups in total. The Morgan fingerprint density at radius 2 is 2.12 bits per heavy atom. The van der Waals surface area contributed by atoms with E-state index >= 15 is 0 Å². The van der Waals surface area contributed by atoms with Gasteiger partial charge in [-0.15, -0.1) is 0 Å². The molecule has 5 nitrogen and oxygen atoms in total. The van der Waals surface area contributed by atoms with Crippen LogP contribution in [0.3, 0.4) is 0 Å². The van der Waals surface area contributed by atoms with Crippen molar-refractivity contribution in [1.29, 1.82) is 0 Å². The van der Waals surface area contributed by atoms with Crippen LogP contribution in [0.15, 0.2) is 0 Å². The summed E-state index contributed by atoms with van der Waals surface area (Å²) in [6.07, 6.45) is 2.95. The predicted molar refractivity (Wildman–Crippen MR) is 61.6 cm³/mol. The van der Waals surface area contributed by atoms with Crippen molar-refractivity contribution in [2.75, 3.05) is 13.6 Å². The van der Waals surface area contributed by atoms with E-state index in [-0.39, 0.29) is 23.7 Å². The van der Waals surface area contributed by atoms with Crippen molar-refractivity contribution in [3.05, 3.63) is 0 Å². The molecule has 3 atom stereocenters. The lowest BCUT2D eigenvalue weighted by molar-refractivity contribution is -0.131. The molecule has 0 radical (unpaired) electrons. The molecule has 1 saturated carbocycles. The van der Waals surface area contributed by atoms with Crippen LogP contribution in [0.4, 0.5) is 0 Å². The van der Waals surface area contributed by atoms with E-state index in [0.717, 1.165) is 19.3 Å². The molecule has 0 aromatic heterocycles. The fourth-order valence-corrected chi connectivity index (χ4v) is 2.27. The minimum atomic E-state index is -0.475. The SMILES string of the molecule is CNC(=O)C(C)NC(=O)C1CCCC1CN. The number of hydrogen-bond donors (Lipinski definition) is 3. The van der Waals surface area contributed by atoms with E-state index in [4.69, 9.17) is 5.73 Å². The summed E-state index contributed by atoms with van der Waals surface area (Å²) in [4.78, 5) is 23.2. The van der Waals surface area contributed by atoms with Gasteiger partial charge in [0, 0.05) is 13.0 Å². The largest absolute Gasteiger partial charge is 0.357 e. The van der Waals surface area contributed by atoms with Gasteiger partial charge in [-0.1, -0.05) is 6.42 Å². The van der Waals surface area contributed by atoms with Gasteiger partial charge in [0.25, 0.3) is 0 Å². The number of hydrogen-bond acceptors (Lipinski definition) is 3. The summed E-state index contributed by atoms with van der Waals surface area (Å²) < 4.78 is 0. The first kappa shape index (κ1) is 13.0. The molecule has 0 aromatic rings. The Kier molecular flexibility index (Phi) is 4.73. The van der Waals surface area contributed by atoms with E-state index < -0.39 is 6.04 Å². The summed E-state index contributed by atoms with van der Waals surface area (Å²) in [5.41, 5.74) is 5.62. The molecule has 1 fully saturated rings. The van der Waals surface area contributed by atoms with Crippen LogP contribution < -0.4 is 16.4 Å². The summed E-state index contributed by atoms with van der Waals surface area (Å²) in [6, 6.07) is -0.475. The Balaban J connectivity index is 2.48. The van der Waals surface area contributed by atoms with Crippen LogP contribution in [0.1, 0.15) is 26.2 Å². The molecular formula is C11H21N3O2. The molecule has 1 aliphatic carbocycles. The highest BCUT2D eigenvalue weighted by atomic mass is 16.2. The van der Waals surface area contributed by atoms with Gasteiger partial charge in [0.05, 0.1) is 0 Å². The molecule has 0 aromatic carbocycles. The summed E-state index contributed by atoms with van der Waals surface area (Å²) >= 11 is 0. The summed E-state index contributed by atoms with van der Waals surface area (Å²) in [6.45, 7) is 2.23. The molecule has 0 saturated heterocycles. The van der Waals surface area contributed by atoms with Gasteiger partial charge in [0.15, 0.2) is 0 Å². The van der Waals surface area contributed by atoms with Crippen molar-refractivity contribution in [3.8, 4) is 0 Å². The van der Waals surface area contributed by atoms with Crippen LogP contribution in [-0.4, -0.2) is 31.4 Å². The van der Waals surface area contributed by atoms with E-state index in [1.165, 1.54) is 0 Å². The number of rotatable bonds is 4. The molecule has 0 spiro atoms. The maximum Gasteiger partial charge on any atom is 0.242 e. The van der Waals surface area contributed by atoms with E-state index in [9.17, 15) is 9.59 Å². The van der Waals surface area contributed by atoms with Crippen LogP contribution in [0.5, 0.6) is 0 Å². The summed E-state index contributed by atoms with van der Waals surface area (Å²) in [5.74, 6) is 0.0497. The highest BCUT2D eigenvalue weighted by molar-refractivity contribution is 5.88. The van der Waals surface area contributed by atoms with E-state index in [1.807, 2.05) is 0 Å². The smallest absolute Gasteiger partial charge is 0.242 e. The fraction of sp³-hybridized carbons (Fsp3) is 0.818. The monoisotopic (exact) mass is 227 g/mol. The van der Waals surface area contributed by atoms with Gasteiger partial charge >= 0.3 is 0 Å². The quantitative estimate of drug-likeness (QED) is 0.611. The minimum Gasteiger partial charge on any atom is -0.357 e. The van der Waals surface area contributed by atoms with Crippen molar-refractivity contribution in [2.24, 2.45) is 17.6 Å². The minimum absolute atomic E-state index is 0.0166. The standard InChI is InChI=1S/C11H21N3O2/c1-7(10(15)13-2)14-11(16)9-5-3-4-8(9)6-12/h7-9H,3-6,12H2,1-2H3,(H,13,15)(H,14,16). The third-order valence-electron chi connectivity index (χ3n) is 3.30. The van der Waals surface area contributed by atoms with Gasteiger partial charge in [-0.3, -0.25) is 9.59 Å². The Morgan fingerprint density at radius 1 is 1.44 bits per heavy atom. The Morgan fingerprint density at radius 3 is 2.69 bits per heavy atom. The zero-order valence-corrected chi connectivity index (χ0v) is 9.95. The number of amides is 2. The van der Waals surface area contributed by atoms with Crippen LogP contribution in [0.2, 0.25) is 0 Å². The highest BCUT2D eigenvalue weighted by Crippen LogP contribution is 2.30. The van der Waals surface area contributed by atoms with Crippen LogP contribution in [-0.2, 0) is 9.59 Å². The molecule has 92 valence electrons. The lowest BCUT2D eigenvalue weighted by Gasteiger charge is -2.20. The molecular weight excluding hydrogens is 206 g/mol. The zero-order chi connectivity index (χ0) is 12.1. The number of carbonyl (C=O) groups is 2. The maximum absolute atomic E-state index is 11.9. The number of nitrogens with two attached hydrogens (primary N) is 1. The van der Waals surface area contributed by atoms with Crippen LogP contribution in [0.25, 0.3) is 0 Å². The highest BCUT2D eigenvalue weighted by Gasteiger charge is 2.32. The van der Waals surface area contributed by atoms with Gasteiger partial charge in [-0.25, -0.2) is 0 Å². The van der Waals surface area contributed by atoms with E-state index in [0.29, 0.717) is 6.54 Å². The Labute approximate surface area is 96.1 Å². The lowest BCUT2D eigenvalue weighted by atomic mass is 9.95. The normalized spacial score (nSPS) is 26.2. The van der Waals surface area contributed by atoms with Crippen molar-refractivity contribution in [3.63, 3.8) is 0 Å². The molecule has 1 rings (SSSR count). The topological polar surface area (TPSA) is 84.2 Å². The Hall–Kier alpha value is -1.10. The first-order valence-corrected chi connectivity index (χ1v) is 5.82. The molecule has 0 aliphatic heterocycles. The maximum atomic E-state index is 11.9. The molecule has 5 heteroatoms. The molecule has 3 unspecified atom stereocenters. The van der Waals surface area contributed by atoms with E-state index in [2.05, 4.69) is 10.6 Å². The predicted octanol–water partition coefficient (Wildman–Crippen LogP) is -0.388. The molecule has 16 heavy (non-hydrogen) atoms. The lowest BCUT2D eigenvalue weighted by Crippen LogP contribution is -2.46. The van der Waals surface area contributed by atoms with Crippen molar-refractivity contribution in [2.45, 2.75) is 32.2 Å². The van der Waals surface area contributed by atoms with Gasteiger partial charge in [-0.05, 0) is 32.2 Å². The second-order valence-electron chi connectivity index (χ2n) is 4.38. The first-order chi connectivity index (χ1) is 7.60. The third-order valence-corrected chi connectivity index (χ3v) is 3.30. The van der Waals surface area contributed by atoms with Gasteiger partial charge in [-0.2, -0.15) is 0 Å². The number of carbonyl (C=O) groups excluding carboxylic acids is 2. The van der Waals surface area contributed by atoms with Gasteiger partial charge < -0.3 is 16.4 Å². The van der Waals surface area contributed by atoms with Crippen molar-refractivity contribution in [1.82, 2.24) is 10.6 Å². The van der Waals surface area contributed by atoms with Gasteiger partial charge in [0.1, 0.15) is 6.04 Å². The molecule has 2 amide bonds.